The molecule has 27 heavy (non-hydrogen) atoms. The summed E-state index contributed by atoms with van der Waals surface area (Å²) in [4.78, 5) is 25.6. The molecule has 0 radical (unpaired) electrons. The first-order valence-electron chi connectivity index (χ1n) is 7.94. The van der Waals surface area contributed by atoms with Gasteiger partial charge in [-0.2, -0.15) is 0 Å². The molecule has 1 saturated heterocycles. The maximum absolute atomic E-state index is 13.8. The van der Waals surface area contributed by atoms with E-state index in [1.54, 1.807) is 18.2 Å². The molecule has 2 aromatic rings. The largest absolute Gasteiger partial charge is 0.493 e. The van der Waals surface area contributed by atoms with E-state index in [2.05, 4.69) is 5.32 Å². The molecule has 1 aliphatic heterocycles. The van der Waals surface area contributed by atoms with E-state index in [0.717, 1.165) is 4.90 Å². The first-order valence-corrected chi connectivity index (χ1v) is 8.32. The van der Waals surface area contributed by atoms with Crippen LogP contribution >= 0.6 is 11.6 Å². The number of imide groups is 1. The van der Waals surface area contributed by atoms with Crippen LogP contribution in [-0.2, 0) is 11.3 Å². The van der Waals surface area contributed by atoms with Crippen LogP contribution in [0.2, 0.25) is 5.02 Å². The van der Waals surface area contributed by atoms with Crippen molar-refractivity contribution >= 4 is 29.6 Å². The first-order chi connectivity index (χ1) is 12.9. The summed E-state index contributed by atoms with van der Waals surface area (Å²) in [6.07, 6.45) is 1.47. The summed E-state index contributed by atoms with van der Waals surface area (Å²) >= 11 is 6.16. The van der Waals surface area contributed by atoms with Crippen molar-refractivity contribution in [2.75, 3.05) is 14.2 Å². The Morgan fingerprint density at radius 2 is 1.93 bits per heavy atom. The topological polar surface area (TPSA) is 67.9 Å². The van der Waals surface area contributed by atoms with E-state index in [0.29, 0.717) is 22.1 Å². The molecule has 0 saturated carbocycles. The van der Waals surface area contributed by atoms with Crippen LogP contribution in [-0.4, -0.2) is 31.1 Å². The number of hydrogen-bond acceptors (Lipinski definition) is 4. The lowest BCUT2D eigenvalue weighted by molar-refractivity contribution is -0.123. The Bertz CT molecular complexity index is 945. The fraction of sp³-hybridized carbons (Fsp3) is 0.158. The Morgan fingerprint density at radius 3 is 2.59 bits per heavy atom. The predicted molar refractivity (Wildman–Crippen MR) is 98.0 cm³/mol. The fourth-order valence-corrected chi connectivity index (χ4v) is 3.00. The maximum atomic E-state index is 13.8. The molecular weight excluding hydrogens is 375 g/mol. The van der Waals surface area contributed by atoms with Gasteiger partial charge in [-0.05, 0) is 29.8 Å². The molecule has 0 unspecified atom stereocenters. The molecule has 3 amide bonds. The third-order valence-electron chi connectivity index (χ3n) is 4.02. The number of nitrogens with one attached hydrogen (secondary N) is 1. The third kappa shape index (κ3) is 3.73. The molecule has 8 heteroatoms. The highest BCUT2D eigenvalue weighted by Gasteiger charge is 2.34. The van der Waals surface area contributed by atoms with Crippen LogP contribution in [0.15, 0.2) is 42.1 Å². The Kier molecular flexibility index (Phi) is 5.32. The number of urea groups is 1. The average molecular weight is 391 g/mol. The van der Waals surface area contributed by atoms with Crippen LogP contribution in [0.25, 0.3) is 6.08 Å². The molecular formula is C19H16ClFN2O4. The molecule has 0 aromatic heterocycles. The van der Waals surface area contributed by atoms with Gasteiger partial charge >= 0.3 is 6.03 Å². The lowest BCUT2D eigenvalue weighted by Gasteiger charge is -2.12. The quantitative estimate of drug-likeness (QED) is 0.625. The number of nitrogens with zero attached hydrogens (tertiary/aromatic N) is 1. The Labute approximate surface area is 160 Å². The van der Waals surface area contributed by atoms with E-state index in [1.165, 1.54) is 38.5 Å². The van der Waals surface area contributed by atoms with Crippen molar-refractivity contribution in [3.8, 4) is 11.5 Å². The van der Waals surface area contributed by atoms with Gasteiger partial charge in [0.2, 0.25) is 0 Å². The molecule has 0 spiro atoms. The summed E-state index contributed by atoms with van der Waals surface area (Å²) in [5.74, 6) is -0.294. The number of ether oxygens (including phenoxy) is 2. The SMILES string of the molecule is COc1cc(/C=C2\NC(=O)N(Cc3ccccc3F)C2=O)cc(Cl)c1OC. The van der Waals surface area contributed by atoms with Crippen molar-refractivity contribution < 1.29 is 23.5 Å². The molecule has 0 atom stereocenters. The number of hydrogen-bond donors (Lipinski definition) is 1. The fourth-order valence-electron chi connectivity index (χ4n) is 2.70. The Hall–Kier alpha value is -3.06. The highest BCUT2D eigenvalue weighted by Crippen LogP contribution is 2.36. The van der Waals surface area contributed by atoms with E-state index in [4.69, 9.17) is 21.1 Å². The number of methoxy groups -OCH3 is 2. The molecule has 0 aliphatic carbocycles. The molecule has 1 heterocycles. The summed E-state index contributed by atoms with van der Waals surface area (Å²) in [6.45, 7) is -0.165. The predicted octanol–water partition coefficient (Wildman–Crippen LogP) is 3.59. The van der Waals surface area contributed by atoms with Crippen molar-refractivity contribution in [3.05, 3.63) is 64.1 Å². The number of carbonyl (C=O) groups is 2. The monoisotopic (exact) mass is 390 g/mol. The van der Waals surface area contributed by atoms with Crippen molar-refractivity contribution in [2.45, 2.75) is 6.54 Å². The Balaban J connectivity index is 1.88. The minimum atomic E-state index is -0.624. The van der Waals surface area contributed by atoms with E-state index in [9.17, 15) is 14.0 Å². The zero-order valence-corrected chi connectivity index (χ0v) is 15.3. The van der Waals surface area contributed by atoms with Crippen LogP contribution < -0.4 is 14.8 Å². The van der Waals surface area contributed by atoms with E-state index in [-0.39, 0.29) is 17.8 Å². The second kappa shape index (κ2) is 7.67. The summed E-state index contributed by atoms with van der Waals surface area (Å²) < 4.78 is 24.2. The molecule has 1 aliphatic rings. The summed E-state index contributed by atoms with van der Waals surface area (Å²) in [5.41, 5.74) is 0.838. The van der Waals surface area contributed by atoms with E-state index >= 15 is 0 Å². The minimum Gasteiger partial charge on any atom is -0.493 e. The molecule has 1 N–H and O–H groups in total. The lowest BCUT2D eigenvalue weighted by Crippen LogP contribution is -2.30. The lowest BCUT2D eigenvalue weighted by atomic mass is 10.1. The van der Waals surface area contributed by atoms with Gasteiger partial charge in [0.25, 0.3) is 5.91 Å². The molecule has 3 rings (SSSR count). The smallest absolute Gasteiger partial charge is 0.329 e. The number of halogens is 2. The van der Waals surface area contributed by atoms with Crippen LogP contribution in [0.5, 0.6) is 11.5 Å². The van der Waals surface area contributed by atoms with Crippen molar-refractivity contribution in [1.29, 1.82) is 0 Å². The number of benzene rings is 2. The summed E-state index contributed by atoms with van der Waals surface area (Å²) in [6, 6.07) is 8.55. The summed E-state index contributed by atoms with van der Waals surface area (Å²) in [7, 11) is 2.92. The zero-order chi connectivity index (χ0) is 19.6. The molecule has 2 aromatic carbocycles. The van der Waals surface area contributed by atoms with Crippen LogP contribution in [0, 0.1) is 5.82 Å². The minimum absolute atomic E-state index is 0.0552. The van der Waals surface area contributed by atoms with Crippen molar-refractivity contribution in [3.63, 3.8) is 0 Å². The van der Waals surface area contributed by atoms with Gasteiger partial charge in [0, 0.05) is 5.56 Å². The average Bonchev–Trinajstić information content (AvgIpc) is 2.90. The summed E-state index contributed by atoms with van der Waals surface area (Å²) in [5, 5.41) is 2.78. The maximum Gasteiger partial charge on any atom is 0.329 e. The molecule has 0 bridgehead atoms. The first kappa shape index (κ1) is 18.7. The van der Waals surface area contributed by atoms with Gasteiger partial charge in [0.05, 0.1) is 25.8 Å². The molecule has 1 fully saturated rings. The molecule has 140 valence electrons. The van der Waals surface area contributed by atoms with Crippen molar-refractivity contribution in [2.24, 2.45) is 0 Å². The van der Waals surface area contributed by atoms with Crippen molar-refractivity contribution in [1.82, 2.24) is 10.2 Å². The standard InChI is InChI=1S/C19H16ClFN2O4/c1-26-16-9-11(7-13(20)17(16)27-2)8-15-18(24)23(19(25)22-15)10-12-5-3-4-6-14(12)21/h3-9H,10H2,1-2H3,(H,22,25)/b15-8-. The normalized spacial score (nSPS) is 15.3. The number of rotatable bonds is 5. The number of amides is 3. The van der Waals surface area contributed by atoms with Gasteiger partial charge in [-0.15, -0.1) is 0 Å². The highest BCUT2D eigenvalue weighted by atomic mass is 35.5. The highest BCUT2D eigenvalue weighted by molar-refractivity contribution is 6.32. The number of carbonyl (C=O) groups excluding carboxylic acids is 2. The van der Waals surface area contributed by atoms with Gasteiger partial charge in [0.15, 0.2) is 11.5 Å². The van der Waals surface area contributed by atoms with Gasteiger partial charge in [-0.1, -0.05) is 29.8 Å². The van der Waals surface area contributed by atoms with E-state index < -0.39 is 17.8 Å². The van der Waals surface area contributed by atoms with Gasteiger partial charge in [0.1, 0.15) is 11.5 Å². The van der Waals surface area contributed by atoms with Gasteiger partial charge < -0.3 is 14.8 Å². The second-order valence-corrected chi connectivity index (χ2v) is 6.12. The van der Waals surface area contributed by atoms with Crippen LogP contribution in [0.1, 0.15) is 11.1 Å². The van der Waals surface area contributed by atoms with Gasteiger partial charge in [-0.25, -0.2) is 9.18 Å². The second-order valence-electron chi connectivity index (χ2n) is 5.71. The van der Waals surface area contributed by atoms with Crippen LogP contribution in [0.4, 0.5) is 9.18 Å². The van der Waals surface area contributed by atoms with Crippen LogP contribution in [0.3, 0.4) is 0 Å². The third-order valence-corrected chi connectivity index (χ3v) is 4.30. The van der Waals surface area contributed by atoms with E-state index in [1.807, 2.05) is 0 Å². The van der Waals surface area contributed by atoms with Gasteiger partial charge in [-0.3, -0.25) is 9.69 Å². The molecule has 6 nitrogen and oxygen atoms in total. The zero-order valence-electron chi connectivity index (χ0n) is 14.6. The Morgan fingerprint density at radius 1 is 1.19 bits per heavy atom.